The Bertz CT molecular complexity index is 482. The molecule has 2 nitrogen and oxygen atoms in total. The normalized spacial score (nSPS) is 27.6. The molecule has 0 aromatic rings. The molecule has 0 aromatic heterocycles. The minimum Gasteiger partial charge on any atom is -0.264 e. The van der Waals surface area contributed by atoms with Gasteiger partial charge >= 0.3 is 0 Å². The summed E-state index contributed by atoms with van der Waals surface area (Å²) >= 11 is 2.33. The summed E-state index contributed by atoms with van der Waals surface area (Å²) in [5, 5.41) is 0. The molecule has 5 heteroatoms. The highest BCUT2D eigenvalue weighted by Gasteiger charge is 2.26. The second-order valence-electron chi connectivity index (χ2n) is 8.65. The molecule has 0 amide bonds. The number of rotatable bonds is 0. The Morgan fingerprint density at radius 1 is 0.444 bits per heavy atom. The summed E-state index contributed by atoms with van der Waals surface area (Å²) in [5.41, 5.74) is 0. The lowest BCUT2D eigenvalue weighted by molar-refractivity contribution is 0.349. The summed E-state index contributed by atoms with van der Waals surface area (Å²) in [6.07, 6.45) is 17.5. The van der Waals surface area contributed by atoms with E-state index in [4.69, 9.17) is 0 Å². The van der Waals surface area contributed by atoms with E-state index in [1.807, 2.05) is 8.64 Å². The van der Waals surface area contributed by atoms with E-state index in [0.29, 0.717) is 21.0 Å². The van der Waals surface area contributed by atoms with E-state index < -0.39 is 0 Å². The summed E-state index contributed by atoms with van der Waals surface area (Å²) in [6, 6.07) is 0. The first-order valence-corrected chi connectivity index (χ1v) is 15.6. The highest BCUT2D eigenvalue weighted by molar-refractivity contribution is 8.46. The summed E-state index contributed by atoms with van der Waals surface area (Å²) < 4.78 is 3.68. The summed E-state index contributed by atoms with van der Waals surface area (Å²) in [6.45, 7) is 5.36. The first kappa shape index (κ1) is 21.0. The molecule has 0 bridgehead atoms. The highest BCUT2D eigenvalue weighted by atomic mass is 32.2. The lowest BCUT2D eigenvalue weighted by Gasteiger charge is -2.37. The van der Waals surface area contributed by atoms with Crippen LogP contribution in [0.15, 0.2) is 0 Å². The summed E-state index contributed by atoms with van der Waals surface area (Å²) in [7, 11) is 1.11. The van der Waals surface area contributed by atoms with E-state index in [2.05, 4.69) is 21.6 Å². The van der Waals surface area contributed by atoms with Crippen molar-refractivity contribution in [2.75, 3.05) is 49.2 Å². The van der Waals surface area contributed by atoms with Crippen LogP contribution in [0.1, 0.15) is 77.0 Å². The van der Waals surface area contributed by atoms with Crippen LogP contribution >= 0.6 is 32.7 Å². The van der Waals surface area contributed by atoms with E-state index in [-0.39, 0.29) is 0 Å². The SMILES string of the molecule is C1CCN(C(SC(N2CCCCC2)=S2CCCCC2)=S2CCCCC2)CC1. The Morgan fingerprint density at radius 3 is 1.15 bits per heavy atom. The van der Waals surface area contributed by atoms with E-state index in [9.17, 15) is 0 Å². The Balaban J connectivity index is 1.62. The van der Waals surface area contributed by atoms with Crippen molar-refractivity contribution >= 4 is 41.4 Å². The quantitative estimate of drug-likeness (QED) is 0.452. The number of likely N-dealkylation sites (tertiary alicyclic amines) is 2. The highest BCUT2D eigenvalue weighted by Crippen LogP contribution is 2.38. The van der Waals surface area contributed by atoms with Gasteiger partial charge in [-0.25, -0.2) is 0 Å². The Hall–Kier alpha value is 0.710. The summed E-state index contributed by atoms with van der Waals surface area (Å²) in [5.74, 6) is 5.94. The lowest BCUT2D eigenvalue weighted by atomic mass is 10.1. The van der Waals surface area contributed by atoms with Crippen molar-refractivity contribution in [2.24, 2.45) is 0 Å². The second kappa shape index (κ2) is 11.2. The molecule has 0 unspecified atom stereocenters. The van der Waals surface area contributed by atoms with Gasteiger partial charge in [-0.1, -0.05) is 37.4 Å². The minimum absolute atomic E-state index is 0.553. The van der Waals surface area contributed by atoms with E-state index >= 15 is 0 Å². The van der Waals surface area contributed by atoms with Crippen LogP contribution in [-0.2, 0) is 0 Å². The van der Waals surface area contributed by atoms with Crippen molar-refractivity contribution in [1.29, 1.82) is 0 Å². The molecule has 4 heterocycles. The molecule has 4 fully saturated rings. The van der Waals surface area contributed by atoms with Gasteiger partial charge in [0.1, 0.15) is 0 Å². The maximum absolute atomic E-state index is 2.86. The van der Waals surface area contributed by atoms with E-state index in [0.717, 1.165) is 0 Å². The van der Waals surface area contributed by atoms with Crippen LogP contribution in [-0.4, -0.2) is 67.6 Å². The van der Waals surface area contributed by atoms with Crippen LogP contribution in [0.4, 0.5) is 0 Å². The fourth-order valence-corrected chi connectivity index (χ4v) is 12.6. The van der Waals surface area contributed by atoms with Gasteiger partial charge in [-0.2, -0.15) is 21.0 Å². The van der Waals surface area contributed by atoms with Crippen molar-refractivity contribution < 1.29 is 0 Å². The third-order valence-electron chi connectivity index (χ3n) is 6.46. The molecular weight excluding hydrogens is 388 g/mol. The number of thioether (sulfide) groups is 1. The van der Waals surface area contributed by atoms with E-state index in [1.165, 1.54) is 126 Å². The van der Waals surface area contributed by atoms with Crippen LogP contribution in [0.2, 0.25) is 0 Å². The van der Waals surface area contributed by atoms with Crippen LogP contribution in [0.5, 0.6) is 0 Å². The molecule has 0 N–H and O–H groups in total. The topological polar surface area (TPSA) is 6.48 Å². The van der Waals surface area contributed by atoms with Crippen LogP contribution in [0.3, 0.4) is 0 Å². The summed E-state index contributed by atoms with van der Waals surface area (Å²) in [4.78, 5) is 5.72. The van der Waals surface area contributed by atoms with Gasteiger partial charge in [-0.3, -0.25) is 9.80 Å². The zero-order valence-electron chi connectivity index (χ0n) is 17.3. The molecule has 4 rings (SSSR count). The number of hydrogen-bond donors (Lipinski definition) is 0. The predicted molar refractivity (Wildman–Crippen MR) is 131 cm³/mol. The molecular formula is C22H40N2S3. The van der Waals surface area contributed by atoms with Gasteiger partial charge in [0.2, 0.25) is 0 Å². The third kappa shape index (κ3) is 5.87. The molecule has 0 aliphatic carbocycles. The fourth-order valence-electron chi connectivity index (χ4n) is 4.85. The zero-order valence-corrected chi connectivity index (χ0v) is 19.7. The standard InChI is InChI=1S/C22H40N2S3/c1-5-13-23(14-6-1)21(26-17-9-3-10-18-26)25-22(24-15-7-2-8-16-24)27-19-11-4-12-20-27/h1-20H2. The fraction of sp³-hybridized carbons (Fsp3) is 0.909. The van der Waals surface area contributed by atoms with Gasteiger partial charge in [-0.05, 0) is 74.4 Å². The molecule has 27 heavy (non-hydrogen) atoms. The molecule has 0 saturated carbocycles. The minimum atomic E-state index is 0.553. The number of piperidine rings is 2. The maximum atomic E-state index is 2.86. The average molecular weight is 429 g/mol. The Morgan fingerprint density at radius 2 is 0.778 bits per heavy atom. The second-order valence-corrected chi connectivity index (χ2v) is 14.5. The van der Waals surface area contributed by atoms with Gasteiger partial charge in [0.25, 0.3) is 0 Å². The van der Waals surface area contributed by atoms with Crippen molar-refractivity contribution in [2.45, 2.75) is 77.0 Å². The molecule has 0 atom stereocenters. The van der Waals surface area contributed by atoms with Gasteiger partial charge in [0, 0.05) is 26.2 Å². The van der Waals surface area contributed by atoms with Crippen molar-refractivity contribution in [3.05, 3.63) is 0 Å². The smallest absolute Gasteiger partial charge is 0.0821 e. The average Bonchev–Trinajstić information content (AvgIpc) is 2.77. The lowest BCUT2D eigenvalue weighted by Crippen LogP contribution is -2.39. The van der Waals surface area contributed by atoms with Crippen LogP contribution in [0.25, 0.3) is 0 Å². The zero-order chi connectivity index (χ0) is 18.3. The molecule has 0 radical (unpaired) electrons. The van der Waals surface area contributed by atoms with Crippen molar-refractivity contribution in [3.63, 3.8) is 0 Å². The first-order valence-electron chi connectivity index (χ1n) is 11.7. The molecule has 156 valence electrons. The van der Waals surface area contributed by atoms with Gasteiger partial charge in [0.15, 0.2) is 0 Å². The largest absolute Gasteiger partial charge is 0.264 e. The Labute approximate surface area is 177 Å². The van der Waals surface area contributed by atoms with Crippen molar-refractivity contribution in [3.8, 4) is 0 Å². The van der Waals surface area contributed by atoms with E-state index in [1.54, 1.807) is 0 Å². The molecule has 4 aliphatic heterocycles. The monoisotopic (exact) mass is 428 g/mol. The molecule has 0 aromatic carbocycles. The number of hydrogen-bond acceptors (Lipinski definition) is 1. The Kier molecular flexibility index (Phi) is 8.69. The molecule has 4 saturated heterocycles. The van der Waals surface area contributed by atoms with Crippen LogP contribution in [0, 0.1) is 0 Å². The molecule has 4 aliphatic rings. The first-order chi connectivity index (χ1) is 13.4. The predicted octanol–water partition coefficient (Wildman–Crippen LogP) is 5.77. The number of nitrogens with zero attached hydrogens (tertiary/aromatic N) is 2. The van der Waals surface area contributed by atoms with Crippen LogP contribution < -0.4 is 0 Å². The third-order valence-corrected chi connectivity index (χ3v) is 13.9. The molecule has 0 spiro atoms. The van der Waals surface area contributed by atoms with Crippen molar-refractivity contribution in [1.82, 2.24) is 9.80 Å². The van der Waals surface area contributed by atoms with Gasteiger partial charge < -0.3 is 0 Å². The van der Waals surface area contributed by atoms with Gasteiger partial charge in [-0.15, -0.1) is 0 Å². The van der Waals surface area contributed by atoms with Gasteiger partial charge in [0.05, 0.1) is 8.64 Å². The maximum Gasteiger partial charge on any atom is 0.0821 e.